The monoisotopic (exact) mass is 288 g/mol. The van der Waals surface area contributed by atoms with Crippen LogP contribution in [-0.2, 0) is 0 Å². The van der Waals surface area contributed by atoms with Crippen molar-refractivity contribution < 1.29 is 4.39 Å². The summed E-state index contributed by atoms with van der Waals surface area (Å²) in [6.07, 6.45) is 0. The first kappa shape index (κ1) is 12.7. The molecule has 2 aromatic rings. The smallest absolute Gasteiger partial charge is 0.123 e. The second kappa shape index (κ2) is 4.85. The number of rotatable bonds is 1. The number of hydrogen-bond donors (Lipinski definition) is 0. The lowest BCUT2D eigenvalue weighted by atomic mass is 10.0. The van der Waals surface area contributed by atoms with Gasteiger partial charge in [-0.3, -0.25) is 0 Å². The molecule has 0 aliphatic carbocycles. The average molecular weight is 290 g/mol. The molecule has 4 heteroatoms. The Labute approximate surface area is 114 Å². The zero-order valence-electron chi connectivity index (χ0n) is 8.90. The van der Waals surface area contributed by atoms with Gasteiger partial charge in [-0.1, -0.05) is 46.9 Å². The van der Waals surface area contributed by atoms with Crippen LogP contribution in [0.25, 0.3) is 11.1 Å². The zero-order chi connectivity index (χ0) is 12.6. The van der Waals surface area contributed by atoms with E-state index in [4.69, 9.17) is 34.8 Å². The summed E-state index contributed by atoms with van der Waals surface area (Å²) in [7, 11) is 0. The predicted octanol–water partition coefficient (Wildman–Crippen LogP) is 5.76. The van der Waals surface area contributed by atoms with E-state index in [1.807, 2.05) is 6.92 Å². The van der Waals surface area contributed by atoms with Crippen molar-refractivity contribution >= 4 is 34.8 Å². The van der Waals surface area contributed by atoms with Gasteiger partial charge in [-0.05, 0) is 36.2 Å². The van der Waals surface area contributed by atoms with Crippen LogP contribution in [0.2, 0.25) is 15.1 Å². The quantitative estimate of drug-likeness (QED) is 0.585. The van der Waals surface area contributed by atoms with Crippen molar-refractivity contribution in [2.24, 2.45) is 0 Å². The molecule has 0 aliphatic rings. The Kier molecular flexibility index (Phi) is 3.62. The van der Waals surface area contributed by atoms with Crippen molar-refractivity contribution in [2.75, 3.05) is 0 Å². The first-order valence-corrected chi connectivity index (χ1v) is 6.04. The zero-order valence-corrected chi connectivity index (χ0v) is 11.2. The lowest BCUT2D eigenvalue weighted by Crippen LogP contribution is -1.87. The molecule has 0 radical (unpaired) electrons. The lowest BCUT2D eigenvalue weighted by Gasteiger charge is -2.10. The molecule has 2 aromatic carbocycles. The maximum absolute atomic E-state index is 13.0. The molecular formula is C13H8Cl3F. The van der Waals surface area contributed by atoms with E-state index in [0.29, 0.717) is 15.1 Å². The number of halogens is 4. The minimum Gasteiger partial charge on any atom is -0.207 e. The minimum absolute atomic E-state index is 0.276. The molecular weight excluding hydrogens is 282 g/mol. The van der Waals surface area contributed by atoms with Crippen molar-refractivity contribution in [3.05, 3.63) is 56.8 Å². The van der Waals surface area contributed by atoms with Gasteiger partial charge in [0, 0.05) is 5.56 Å². The van der Waals surface area contributed by atoms with Crippen LogP contribution >= 0.6 is 34.8 Å². The maximum Gasteiger partial charge on any atom is 0.123 e. The normalized spacial score (nSPS) is 10.6. The van der Waals surface area contributed by atoms with E-state index in [-0.39, 0.29) is 5.82 Å². The molecule has 17 heavy (non-hydrogen) atoms. The van der Waals surface area contributed by atoms with Crippen molar-refractivity contribution in [2.45, 2.75) is 6.92 Å². The topological polar surface area (TPSA) is 0 Å². The van der Waals surface area contributed by atoms with Gasteiger partial charge in [-0.25, -0.2) is 4.39 Å². The Bertz CT molecular complexity index is 579. The van der Waals surface area contributed by atoms with Crippen molar-refractivity contribution in [3.8, 4) is 11.1 Å². The van der Waals surface area contributed by atoms with Gasteiger partial charge in [-0.2, -0.15) is 0 Å². The van der Waals surface area contributed by atoms with Crippen LogP contribution in [0.3, 0.4) is 0 Å². The first-order valence-electron chi connectivity index (χ1n) is 4.90. The van der Waals surface area contributed by atoms with Gasteiger partial charge in [0.1, 0.15) is 5.82 Å². The SMILES string of the molecule is Cc1cc(F)ccc1-c1ccc(Cl)c(Cl)c1Cl. The van der Waals surface area contributed by atoms with Gasteiger partial charge in [0.05, 0.1) is 15.1 Å². The van der Waals surface area contributed by atoms with E-state index < -0.39 is 0 Å². The molecule has 0 fully saturated rings. The van der Waals surface area contributed by atoms with Gasteiger partial charge >= 0.3 is 0 Å². The summed E-state index contributed by atoms with van der Waals surface area (Å²) >= 11 is 18.0. The second-order valence-corrected chi connectivity index (χ2v) is 4.85. The molecule has 0 saturated carbocycles. The third-order valence-corrected chi connectivity index (χ3v) is 3.81. The highest BCUT2D eigenvalue weighted by molar-refractivity contribution is 6.49. The average Bonchev–Trinajstić information content (AvgIpc) is 2.28. The molecule has 88 valence electrons. The molecule has 0 nitrogen and oxygen atoms in total. The molecule has 0 N–H and O–H groups in total. The highest BCUT2D eigenvalue weighted by atomic mass is 35.5. The fraction of sp³-hybridized carbons (Fsp3) is 0.0769. The predicted molar refractivity (Wildman–Crippen MR) is 71.6 cm³/mol. The molecule has 0 spiro atoms. The van der Waals surface area contributed by atoms with Crippen molar-refractivity contribution in [3.63, 3.8) is 0 Å². The van der Waals surface area contributed by atoms with Crippen LogP contribution in [0.5, 0.6) is 0 Å². The van der Waals surface area contributed by atoms with E-state index in [9.17, 15) is 4.39 Å². The van der Waals surface area contributed by atoms with Crippen LogP contribution in [-0.4, -0.2) is 0 Å². The maximum atomic E-state index is 13.0. The number of hydrogen-bond acceptors (Lipinski definition) is 0. The fourth-order valence-corrected chi connectivity index (χ4v) is 2.30. The summed E-state index contributed by atoms with van der Waals surface area (Å²) < 4.78 is 13.0. The highest BCUT2D eigenvalue weighted by Crippen LogP contribution is 2.39. The molecule has 0 amide bonds. The van der Waals surface area contributed by atoms with Gasteiger partial charge in [0.15, 0.2) is 0 Å². The third kappa shape index (κ3) is 2.42. The summed E-state index contributed by atoms with van der Waals surface area (Å²) in [6, 6.07) is 7.97. The molecule has 0 atom stereocenters. The molecule has 0 heterocycles. The van der Waals surface area contributed by atoms with Crippen LogP contribution in [0.15, 0.2) is 30.3 Å². The van der Waals surface area contributed by atoms with E-state index in [2.05, 4.69) is 0 Å². The van der Waals surface area contributed by atoms with Crippen LogP contribution in [0.1, 0.15) is 5.56 Å². The Morgan fingerprint density at radius 3 is 2.18 bits per heavy atom. The summed E-state index contributed by atoms with van der Waals surface area (Å²) in [5.41, 5.74) is 2.39. The Morgan fingerprint density at radius 2 is 1.53 bits per heavy atom. The summed E-state index contributed by atoms with van der Waals surface area (Å²) in [5, 5.41) is 1.10. The number of benzene rings is 2. The number of aryl methyl sites for hydroxylation is 1. The van der Waals surface area contributed by atoms with E-state index in [0.717, 1.165) is 16.7 Å². The van der Waals surface area contributed by atoms with Crippen LogP contribution in [0.4, 0.5) is 4.39 Å². The Morgan fingerprint density at radius 1 is 0.882 bits per heavy atom. The van der Waals surface area contributed by atoms with Gasteiger partial charge in [0.2, 0.25) is 0 Å². The standard InChI is InChI=1S/C13H8Cl3F/c1-7-6-8(17)2-3-9(7)10-4-5-11(14)13(16)12(10)15/h2-6H,1H3. The third-order valence-electron chi connectivity index (χ3n) is 2.51. The Balaban J connectivity index is 2.65. The van der Waals surface area contributed by atoms with Crippen molar-refractivity contribution in [1.29, 1.82) is 0 Å². The molecule has 0 aromatic heterocycles. The summed E-state index contributed by atoms with van der Waals surface area (Å²) in [6.45, 7) is 1.82. The molecule has 2 rings (SSSR count). The second-order valence-electron chi connectivity index (χ2n) is 3.68. The van der Waals surface area contributed by atoms with E-state index >= 15 is 0 Å². The van der Waals surface area contributed by atoms with E-state index in [1.54, 1.807) is 18.2 Å². The summed E-state index contributed by atoms with van der Waals surface area (Å²) in [4.78, 5) is 0. The molecule has 0 saturated heterocycles. The fourth-order valence-electron chi connectivity index (χ4n) is 1.66. The largest absolute Gasteiger partial charge is 0.207 e. The van der Waals surface area contributed by atoms with Gasteiger partial charge < -0.3 is 0 Å². The minimum atomic E-state index is -0.276. The van der Waals surface area contributed by atoms with Crippen LogP contribution in [0, 0.1) is 12.7 Å². The van der Waals surface area contributed by atoms with Crippen LogP contribution < -0.4 is 0 Å². The molecule has 0 bridgehead atoms. The molecule has 0 aliphatic heterocycles. The van der Waals surface area contributed by atoms with Gasteiger partial charge in [-0.15, -0.1) is 0 Å². The van der Waals surface area contributed by atoms with E-state index in [1.165, 1.54) is 12.1 Å². The van der Waals surface area contributed by atoms with Gasteiger partial charge in [0.25, 0.3) is 0 Å². The Hall–Kier alpha value is -0.760. The van der Waals surface area contributed by atoms with Crippen molar-refractivity contribution in [1.82, 2.24) is 0 Å². The summed E-state index contributed by atoms with van der Waals surface area (Å²) in [5.74, 6) is -0.276. The molecule has 0 unspecified atom stereocenters. The lowest BCUT2D eigenvalue weighted by molar-refractivity contribution is 0.627. The first-order chi connectivity index (χ1) is 8.00. The highest BCUT2D eigenvalue weighted by Gasteiger charge is 2.12.